The van der Waals surface area contributed by atoms with Crippen LogP contribution < -0.4 is 0 Å². The van der Waals surface area contributed by atoms with E-state index in [0.29, 0.717) is 0 Å². The quantitative estimate of drug-likeness (QED) is 0.202. The molecule has 282 valence electrons. The van der Waals surface area contributed by atoms with Crippen LogP contribution in [-0.4, -0.2) is 9.97 Å². The molecule has 0 saturated heterocycles. The maximum atomic E-state index is 4.96. The number of nitrogens with one attached hydrogen (secondary N) is 1. The van der Waals surface area contributed by atoms with E-state index < -0.39 is 0 Å². The molecular formula is C45H86N2O. The first-order valence-corrected chi connectivity index (χ1v) is 18.9. The lowest BCUT2D eigenvalue weighted by atomic mass is 9.90. The number of benzene rings is 1. The monoisotopic (exact) mass is 671 g/mol. The number of hydrogen-bond donors (Lipinski definition) is 1. The predicted molar refractivity (Wildman–Crippen MR) is 226 cm³/mol. The zero-order valence-electron chi connectivity index (χ0n) is 37.4. The van der Waals surface area contributed by atoms with Crippen LogP contribution in [0.4, 0.5) is 0 Å². The Morgan fingerprint density at radius 2 is 0.792 bits per heavy atom. The molecule has 0 amide bonds. The van der Waals surface area contributed by atoms with Crippen molar-refractivity contribution in [2.45, 2.75) is 180 Å². The zero-order valence-corrected chi connectivity index (χ0v) is 37.4. The summed E-state index contributed by atoms with van der Waals surface area (Å²) in [7, 11) is 0. The van der Waals surface area contributed by atoms with E-state index in [1.807, 2.05) is 142 Å². The van der Waals surface area contributed by atoms with Gasteiger partial charge in [-0.05, 0) is 151 Å². The summed E-state index contributed by atoms with van der Waals surface area (Å²) in [5.74, 6) is 1.01. The van der Waals surface area contributed by atoms with Crippen molar-refractivity contribution in [3.63, 3.8) is 0 Å². The van der Waals surface area contributed by atoms with Gasteiger partial charge in [0.1, 0.15) is 5.76 Å². The lowest BCUT2D eigenvalue weighted by Crippen LogP contribution is -1.98. The van der Waals surface area contributed by atoms with Crippen LogP contribution in [0.1, 0.15) is 164 Å². The van der Waals surface area contributed by atoms with E-state index in [-0.39, 0.29) is 0 Å². The minimum Gasteiger partial charge on any atom is -0.469 e. The van der Waals surface area contributed by atoms with Gasteiger partial charge in [0.05, 0.1) is 6.26 Å². The van der Waals surface area contributed by atoms with E-state index in [0.717, 1.165) is 11.5 Å². The minimum atomic E-state index is 1.01. The van der Waals surface area contributed by atoms with Crippen LogP contribution in [0.5, 0.6) is 0 Å². The Morgan fingerprint density at radius 1 is 0.438 bits per heavy atom. The van der Waals surface area contributed by atoms with Crippen molar-refractivity contribution < 1.29 is 4.42 Å². The molecule has 1 aromatic carbocycles. The predicted octanol–water partition coefficient (Wildman–Crippen LogP) is 15.9. The fraction of sp³-hybridized carbons (Fsp3) is 0.578. The number of rotatable bonds is 0. The fourth-order valence-corrected chi connectivity index (χ4v) is 3.23. The largest absolute Gasteiger partial charge is 0.469 e. The number of H-pyrrole nitrogens is 1. The number of aryl methyl sites for hydroxylation is 6. The van der Waals surface area contributed by atoms with Gasteiger partial charge in [-0.1, -0.05) is 103 Å². The summed E-state index contributed by atoms with van der Waals surface area (Å²) in [6, 6.07) is 8.02. The summed E-state index contributed by atoms with van der Waals surface area (Å²) < 4.78 is 4.96. The Bertz CT molecular complexity index is 982. The van der Waals surface area contributed by atoms with Gasteiger partial charge >= 0.3 is 0 Å². The Labute approximate surface area is 303 Å². The third kappa shape index (κ3) is 28.0. The molecule has 0 radical (unpaired) electrons. The molecule has 0 atom stereocenters. The molecule has 4 aromatic rings. The molecule has 0 fully saturated rings. The van der Waals surface area contributed by atoms with Crippen LogP contribution in [0.15, 0.2) is 47.3 Å². The van der Waals surface area contributed by atoms with Gasteiger partial charge in [0.25, 0.3) is 0 Å². The van der Waals surface area contributed by atoms with Crippen LogP contribution in [0, 0.1) is 83.1 Å². The molecule has 0 unspecified atom stereocenters. The zero-order chi connectivity index (χ0) is 40.0. The molecule has 0 aliphatic rings. The summed E-state index contributed by atoms with van der Waals surface area (Å²) in [5, 5.41) is 0. The minimum absolute atomic E-state index is 1.01. The van der Waals surface area contributed by atoms with E-state index in [1.54, 1.807) is 6.26 Å². The maximum absolute atomic E-state index is 4.96. The van der Waals surface area contributed by atoms with Crippen molar-refractivity contribution in [3.8, 4) is 0 Å². The SMILES string of the molecule is CC.CC.CC.CC.CC.CC.CC.Cc1c(C)c(C)c(C)c(C)c1C.Cc1cc[nH]c1C.Cc1cccnc1C.Cc1ccoc1C. The molecule has 0 saturated carbocycles. The lowest BCUT2D eigenvalue weighted by molar-refractivity contribution is 0.532. The van der Waals surface area contributed by atoms with E-state index in [9.17, 15) is 0 Å². The van der Waals surface area contributed by atoms with Crippen LogP contribution in [-0.2, 0) is 0 Å². The van der Waals surface area contributed by atoms with Crippen molar-refractivity contribution in [2.24, 2.45) is 0 Å². The lowest BCUT2D eigenvalue weighted by Gasteiger charge is -2.15. The van der Waals surface area contributed by atoms with Gasteiger partial charge in [-0.2, -0.15) is 0 Å². The highest BCUT2D eigenvalue weighted by Crippen LogP contribution is 2.24. The number of furan rings is 1. The molecule has 0 aliphatic carbocycles. The Morgan fingerprint density at radius 3 is 0.917 bits per heavy atom. The summed E-state index contributed by atoms with van der Waals surface area (Å²) in [5.41, 5.74) is 14.9. The number of aromatic nitrogens is 2. The molecule has 3 nitrogen and oxygen atoms in total. The highest BCUT2D eigenvalue weighted by atomic mass is 16.3. The van der Waals surface area contributed by atoms with Gasteiger partial charge in [0, 0.05) is 23.8 Å². The summed E-state index contributed by atoms with van der Waals surface area (Å²) in [6.07, 6.45) is 5.46. The Balaban J connectivity index is -0.0000000842. The normalized spacial score (nSPS) is 7.79. The maximum Gasteiger partial charge on any atom is 0.103 e. The number of hydrogen-bond acceptors (Lipinski definition) is 2. The highest BCUT2D eigenvalue weighted by molar-refractivity contribution is 5.48. The first kappa shape index (κ1) is 60.3. The Hall–Kier alpha value is -3.07. The molecule has 48 heavy (non-hydrogen) atoms. The van der Waals surface area contributed by atoms with Crippen molar-refractivity contribution >= 4 is 0 Å². The van der Waals surface area contributed by atoms with Crippen molar-refractivity contribution in [1.29, 1.82) is 0 Å². The van der Waals surface area contributed by atoms with E-state index in [2.05, 4.69) is 84.4 Å². The van der Waals surface area contributed by atoms with E-state index in [4.69, 9.17) is 4.42 Å². The average Bonchev–Trinajstić information content (AvgIpc) is 3.74. The standard InChI is InChI=1S/C12H18.C7H9N.C6H9N.C6H8O.7C2H6/c1-7-8(2)10(4)12(6)11(5)9(7)3;1-6-4-3-5-8-7(6)2;2*1-5-3-4-7-6(5)2;7*1-2/h1-6H3;3-5H,1-2H3;3-4,7H,1-2H3;3-4H,1-2H3;7*1-2H3. The molecule has 4 rings (SSSR count). The van der Waals surface area contributed by atoms with Gasteiger partial charge in [-0.25, -0.2) is 0 Å². The van der Waals surface area contributed by atoms with Crippen molar-refractivity contribution in [2.75, 3.05) is 0 Å². The van der Waals surface area contributed by atoms with E-state index in [1.165, 1.54) is 55.8 Å². The molecular weight excluding hydrogens is 585 g/mol. The van der Waals surface area contributed by atoms with Gasteiger partial charge < -0.3 is 9.40 Å². The van der Waals surface area contributed by atoms with Gasteiger partial charge in [-0.3, -0.25) is 4.98 Å². The molecule has 0 aliphatic heterocycles. The molecule has 3 aromatic heterocycles. The van der Waals surface area contributed by atoms with Crippen LogP contribution in [0.3, 0.4) is 0 Å². The number of pyridine rings is 1. The van der Waals surface area contributed by atoms with Crippen LogP contribution in [0.2, 0.25) is 0 Å². The summed E-state index contributed by atoms with van der Waals surface area (Å²) in [4.78, 5) is 7.15. The van der Waals surface area contributed by atoms with Crippen LogP contribution >= 0.6 is 0 Å². The second-order valence-corrected chi connectivity index (χ2v) is 9.10. The molecule has 3 heterocycles. The van der Waals surface area contributed by atoms with Crippen LogP contribution in [0.25, 0.3) is 0 Å². The summed E-state index contributed by atoms with van der Waals surface area (Å²) in [6.45, 7) is 53.5. The van der Waals surface area contributed by atoms with Crippen molar-refractivity contribution in [1.82, 2.24) is 9.97 Å². The highest BCUT2D eigenvalue weighted by Gasteiger charge is 2.07. The third-order valence-electron chi connectivity index (χ3n) is 6.99. The first-order valence-electron chi connectivity index (χ1n) is 18.9. The van der Waals surface area contributed by atoms with Gasteiger partial charge in [0.15, 0.2) is 0 Å². The molecule has 1 N–H and O–H groups in total. The summed E-state index contributed by atoms with van der Waals surface area (Å²) >= 11 is 0. The smallest absolute Gasteiger partial charge is 0.103 e. The second kappa shape index (κ2) is 43.9. The first-order chi connectivity index (χ1) is 22.9. The number of nitrogens with zero attached hydrogens (tertiary/aromatic N) is 1. The number of aromatic amines is 1. The second-order valence-electron chi connectivity index (χ2n) is 9.10. The Kier molecular flexibility index (Phi) is 55.2. The third-order valence-corrected chi connectivity index (χ3v) is 6.99. The molecule has 0 spiro atoms. The van der Waals surface area contributed by atoms with Gasteiger partial charge in [0.2, 0.25) is 0 Å². The average molecular weight is 671 g/mol. The molecule has 3 heteroatoms. The topological polar surface area (TPSA) is 41.8 Å². The van der Waals surface area contributed by atoms with E-state index >= 15 is 0 Å². The van der Waals surface area contributed by atoms with Gasteiger partial charge in [-0.15, -0.1) is 0 Å². The molecule has 0 bridgehead atoms. The fourth-order valence-electron chi connectivity index (χ4n) is 3.23. The van der Waals surface area contributed by atoms with Crippen molar-refractivity contribution in [3.05, 3.63) is 110 Å².